The minimum atomic E-state index is -2.59. The van der Waals surface area contributed by atoms with E-state index in [1.165, 1.54) is 18.2 Å². The second-order valence-electron chi connectivity index (χ2n) is 6.56. The summed E-state index contributed by atoms with van der Waals surface area (Å²) in [5, 5.41) is 0.0727. The normalized spacial score (nSPS) is 11.3. The summed E-state index contributed by atoms with van der Waals surface area (Å²) in [6.07, 6.45) is 0. The third kappa shape index (κ3) is 4.19. The molecule has 30 heavy (non-hydrogen) atoms. The number of rotatable bonds is 5. The molecule has 8 heteroatoms. The smallest absolute Gasteiger partial charge is 0.288 e. The third-order valence-corrected chi connectivity index (χ3v) is 7.58. The van der Waals surface area contributed by atoms with Crippen LogP contribution >= 0.6 is 54.2 Å². The molecule has 0 heterocycles. The van der Waals surface area contributed by atoms with Crippen LogP contribution in [0.3, 0.4) is 0 Å². The van der Waals surface area contributed by atoms with E-state index >= 15 is 0 Å². The molecule has 3 aromatic carbocycles. The number of halogens is 4. The van der Waals surface area contributed by atoms with Crippen molar-refractivity contribution in [1.29, 1.82) is 0 Å². The van der Waals surface area contributed by atoms with Gasteiger partial charge in [-0.25, -0.2) is 4.79 Å². The average Bonchev–Trinajstić information content (AvgIpc) is 2.71. The van der Waals surface area contributed by atoms with Crippen molar-refractivity contribution in [3.63, 3.8) is 0 Å². The van der Waals surface area contributed by atoms with Gasteiger partial charge in [-0.3, -0.25) is 4.79 Å². The van der Waals surface area contributed by atoms with Crippen LogP contribution in [0.5, 0.6) is 0 Å². The van der Waals surface area contributed by atoms with Gasteiger partial charge in [-0.05, 0) is 43.2 Å². The molecular weight excluding hydrogens is 485 g/mol. The SMILES string of the molecule is Cc1cccc(C)c1C(=O)[P+](=O)c1ccccc1C(=O)c1c(Cl)c(Cl)cc(Cl)c1Cl. The topological polar surface area (TPSA) is 51.2 Å². The summed E-state index contributed by atoms with van der Waals surface area (Å²) in [6, 6.07) is 12.8. The Balaban J connectivity index is 2.13. The van der Waals surface area contributed by atoms with Crippen LogP contribution in [0.4, 0.5) is 0 Å². The van der Waals surface area contributed by atoms with E-state index in [-0.39, 0.29) is 36.5 Å². The van der Waals surface area contributed by atoms with Gasteiger partial charge < -0.3 is 0 Å². The minimum Gasteiger partial charge on any atom is -0.288 e. The number of carbonyl (C=O) groups is 2. The Morgan fingerprint density at radius 1 is 0.767 bits per heavy atom. The van der Waals surface area contributed by atoms with Crippen molar-refractivity contribution in [1.82, 2.24) is 0 Å². The van der Waals surface area contributed by atoms with Gasteiger partial charge in [-0.2, -0.15) is 0 Å². The molecule has 0 bridgehead atoms. The molecule has 0 spiro atoms. The van der Waals surface area contributed by atoms with E-state index < -0.39 is 19.1 Å². The van der Waals surface area contributed by atoms with Crippen molar-refractivity contribution >= 4 is 70.8 Å². The highest BCUT2D eigenvalue weighted by Gasteiger charge is 2.39. The summed E-state index contributed by atoms with van der Waals surface area (Å²) in [7, 11) is -2.59. The zero-order valence-electron chi connectivity index (χ0n) is 15.8. The Bertz CT molecular complexity index is 1170. The Morgan fingerprint density at radius 2 is 1.30 bits per heavy atom. The lowest BCUT2D eigenvalue weighted by molar-refractivity contribution is 0.103. The van der Waals surface area contributed by atoms with Crippen molar-refractivity contribution in [2.24, 2.45) is 0 Å². The average molecular weight is 499 g/mol. The van der Waals surface area contributed by atoms with Crippen LogP contribution < -0.4 is 5.30 Å². The summed E-state index contributed by atoms with van der Waals surface area (Å²) in [6.45, 7) is 3.54. The van der Waals surface area contributed by atoms with Gasteiger partial charge in [0.05, 0.1) is 36.8 Å². The first-order chi connectivity index (χ1) is 14.1. The fourth-order valence-corrected chi connectivity index (χ4v) is 5.48. The minimum absolute atomic E-state index is 0.0420. The quantitative estimate of drug-likeness (QED) is 0.208. The van der Waals surface area contributed by atoms with Gasteiger partial charge in [-0.1, -0.05) is 81.3 Å². The van der Waals surface area contributed by atoms with Crippen LogP contribution in [-0.2, 0) is 4.57 Å². The molecule has 0 aliphatic rings. The Hall–Kier alpha value is -1.74. The molecular formula is C22H14Cl4O3P+. The largest absolute Gasteiger partial charge is 0.459 e. The van der Waals surface area contributed by atoms with Crippen LogP contribution in [0, 0.1) is 13.8 Å². The highest BCUT2D eigenvalue weighted by Crippen LogP contribution is 2.39. The molecule has 1 unspecified atom stereocenters. The molecule has 3 aromatic rings. The second kappa shape index (κ2) is 9.18. The van der Waals surface area contributed by atoms with Gasteiger partial charge in [0.1, 0.15) is 0 Å². The van der Waals surface area contributed by atoms with Gasteiger partial charge >= 0.3 is 13.3 Å². The molecule has 0 aliphatic heterocycles. The van der Waals surface area contributed by atoms with Gasteiger partial charge in [0, 0.05) is 0 Å². The van der Waals surface area contributed by atoms with Crippen LogP contribution in [0.15, 0.2) is 48.5 Å². The highest BCUT2D eigenvalue weighted by atomic mass is 35.5. The maximum atomic E-state index is 13.3. The number of benzene rings is 3. The van der Waals surface area contributed by atoms with Gasteiger partial charge in [0.25, 0.3) is 0 Å². The number of hydrogen-bond acceptors (Lipinski definition) is 3. The zero-order chi connectivity index (χ0) is 22.2. The summed E-state index contributed by atoms with van der Waals surface area (Å²) in [5.41, 5.74) is 1.18. The fraction of sp³-hybridized carbons (Fsp3) is 0.0909. The van der Waals surface area contributed by atoms with Gasteiger partial charge in [-0.15, -0.1) is 0 Å². The monoisotopic (exact) mass is 497 g/mol. The zero-order valence-corrected chi connectivity index (χ0v) is 19.7. The molecule has 0 aromatic heterocycles. The van der Waals surface area contributed by atoms with Crippen molar-refractivity contribution < 1.29 is 14.2 Å². The number of ketones is 1. The number of hydrogen-bond donors (Lipinski definition) is 0. The van der Waals surface area contributed by atoms with Crippen molar-refractivity contribution in [2.45, 2.75) is 13.8 Å². The van der Waals surface area contributed by atoms with Crippen molar-refractivity contribution in [3.05, 3.63) is 96.4 Å². The molecule has 3 rings (SSSR count). The summed E-state index contributed by atoms with van der Waals surface area (Å²) < 4.78 is 13.2. The lowest BCUT2D eigenvalue weighted by Gasteiger charge is -2.10. The summed E-state index contributed by atoms with van der Waals surface area (Å²) in [4.78, 5) is 26.3. The molecule has 0 saturated carbocycles. The predicted octanol–water partition coefficient (Wildman–Crippen LogP) is 7.44. The van der Waals surface area contributed by atoms with E-state index in [1.807, 2.05) is 6.07 Å². The van der Waals surface area contributed by atoms with E-state index in [1.54, 1.807) is 38.1 Å². The van der Waals surface area contributed by atoms with E-state index in [2.05, 4.69) is 0 Å². The van der Waals surface area contributed by atoms with E-state index in [9.17, 15) is 14.2 Å². The molecule has 1 atom stereocenters. The molecule has 152 valence electrons. The third-order valence-electron chi connectivity index (χ3n) is 4.59. The first kappa shape index (κ1) is 22.9. The second-order valence-corrected chi connectivity index (χ2v) is 9.60. The lowest BCUT2D eigenvalue weighted by Crippen LogP contribution is -2.17. The predicted molar refractivity (Wildman–Crippen MR) is 124 cm³/mol. The van der Waals surface area contributed by atoms with Crippen LogP contribution in [-0.4, -0.2) is 11.3 Å². The van der Waals surface area contributed by atoms with E-state index in [4.69, 9.17) is 46.4 Å². The standard InChI is InChI=1S/C22H14Cl4O3P/c1-11-6-5-7-12(2)17(11)22(28)30(29)16-9-4-3-8-13(16)21(27)18-19(25)14(23)10-15(24)20(18)26/h3-10H,1-2H3/q+1. The van der Waals surface area contributed by atoms with Crippen LogP contribution in [0.1, 0.15) is 37.4 Å². The molecule has 0 aliphatic carbocycles. The molecule has 0 radical (unpaired) electrons. The van der Waals surface area contributed by atoms with Crippen LogP contribution in [0.2, 0.25) is 20.1 Å². The summed E-state index contributed by atoms with van der Waals surface area (Å²) >= 11 is 24.5. The Morgan fingerprint density at radius 3 is 1.87 bits per heavy atom. The maximum Gasteiger partial charge on any atom is 0.459 e. The molecule has 0 N–H and O–H groups in total. The fourth-order valence-electron chi connectivity index (χ4n) is 3.11. The first-order valence-corrected chi connectivity index (χ1v) is 11.5. The lowest BCUT2D eigenvalue weighted by atomic mass is 10.0. The molecule has 0 fully saturated rings. The summed E-state index contributed by atoms with van der Waals surface area (Å²) in [5.74, 6) is -0.623. The molecule has 3 nitrogen and oxygen atoms in total. The highest BCUT2D eigenvalue weighted by molar-refractivity contribution is 7.71. The molecule has 0 saturated heterocycles. The maximum absolute atomic E-state index is 13.3. The van der Waals surface area contributed by atoms with Crippen LogP contribution in [0.25, 0.3) is 0 Å². The number of aryl methyl sites for hydroxylation is 2. The van der Waals surface area contributed by atoms with E-state index in [0.717, 1.165) is 0 Å². The molecule has 0 amide bonds. The van der Waals surface area contributed by atoms with Crippen molar-refractivity contribution in [2.75, 3.05) is 0 Å². The van der Waals surface area contributed by atoms with Gasteiger partial charge in [0.2, 0.25) is 11.1 Å². The van der Waals surface area contributed by atoms with Gasteiger partial charge in [0.15, 0.2) is 0 Å². The Labute approximate surface area is 194 Å². The van der Waals surface area contributed by atoms with Crippen molar-refractivity contribution in [3.8, 4) is 0 Å². The van der Waals surface area contributed by atoms with E-state index in [0.29, 0.717) is 16.7 Å². The number of carbonyl (C=O) groups excluding carboxylic acids is 2. The first-order valence-electron chi connectivity index (χ1n) is 8.69. The Kier molecular flexibility index (Phi) is 7.02.